The van der Waals surface area contributed by atoms with E-state index in [1.165, 1.54) is 6.07 Å². The lowest BCUT2D eigenvalue weighted by Gasteiger charge is -2.26. The van der Waals surface area contributed by atoms with Crippen LogP contribution >= 0.6 is 12.2 Å². The molecule has 0 aliphatic carbocycles. The summed E-state index contributed by atoms with van der Waals surface area (Å²) in [6.45, 7) is 1.67. The Hall–Kier alpha value is -1.24. The van der Waals surface area contributed by atoms with Crippen LogP contribution in [-0.2, 0) is 9.47 Å². The molecule has 1 saturated heterocycles. The molecule has 0 radical (unpaired) electrons. The summed E-state index contributed by atoms with van der Waals surface area (Å²) in [7, 11) is 1.64. The summed E-state index contributed by atoms with van der Waals surface area (Å²) < 4.78 is 24.7. The molecule has 6 heteroatoms. The van der Waals surface area contributed by atoms with Crippen molar-refractivity contribution in [3.05, 3.63) is 29.6 Å². The number of hydrogen-bond acceptors (Lipinski definition) is 4. The van der Waals surface area contributed by atoms with Gasteiger partial charge in [-0.15, -0.1) is 0 Å². The lowest BCUT2D eigenvalue weighted by Crippen LogP contribution is -2.39. The molecule has 0 aromatic heterocycles. The monoisotopic (exact) mass is 284 g/mol. The summed E-state index contributed by atoms with van der Waals surface area (Å²) >= 11 is 4.81. The lowest BCUT2D eigenvalue weighted by atomic mass is 10.0. The number of rotatable bonds is 5. The van der Waals surface area contributed by atoms with Crippen LogP contribution in [0.2, 0.25) is 0 Å². The van der Waals surface area contributed by atoms with Gasteiger partial charge < -0.3 is 20.5 Å². The van der Waals surface area contributed by atoms with Crippen molar-refractivity contribution in [2.24, 2.45) is 5.73 Å². The summed E-state index contributed by atoms with van der Waals surface area (Å²) in [5.74, 6) is -0.379. The van der Waals surface area contributed by atoms with Gasteiger partial charge >= 0.3 is 0 Å². The first-order valence-corrected chi connectivity index (χ1v) is 6.43. The normalized spacial score (nSPS) is 22.4. The zero-order valence-electron chi connectivity index (χ0n) is 10.7. The van der Waals surface area contributed by atoms with Gasteiger partial charge in [-0.1, -0.05) is 12.2 Å². The molecule has 0 spiro atoms. The highest BCUT2D eigenvalue weighted by atomic mass is 32.1. The van der Waals surface area contributed by atoms with Crippen molar-refractivity contribution in [2.45, 2.75) is 12.0 Å². The maximum atomic E-state index is 13.9. The van der Waals surface area contributed by atoms with Crippen molar-refractivity contribution >= 4 is 22.9 Å². The zero-order chi connectivity index (χ0) is 13.9. The molecular formula is C13H17FN2O2S. The van der Waals surface area contributed by atoms with E-state index in [0.29, 0.717) is 31.0 Å². The zero-order valence-corrected chi connectivity index (χ0v) is 11.6. The SMILES string of the molecule is COC1(CNc2ccc(C(N)=S)cc2F)CCOC1. The fraction of sp³-hybridized carbons (Fsp3) is 0.462. The smallest absolute Gasteiger partial charge is 0.146 e. The molecule has 3 N–H and O–H groups in total. The van der Waals surface area contributed by atoms with E-state index in [-0.39, 0.29) is 16.4 Å². The molecule has 1 atom stereocenters. The highest BCUT2D eigenvalue weighted by molar-refractivity contribution is 7.80. The molecule has 1 aromatic rings. The molecule has 0 amide bonds. The molecule has 1 heterocycles. The van der Waals surface area contributed by atoms with Crippen molar-refractivity contribution in [2.75, 3.05) is 32.2 Å². The van der Waals surface area contributed by atoms with Crippen LogP contribution in [0.5, 0.6) is 0 Å². The molecule has 0 bridgehead atoms. The minimum atomic E-state index is -0.381. The van der Waals surface area contributed by atoms with Crippen molar-refractivity contribution < 1.29 is 13.9 Å². The van der Waals surface area contributed by atoms with Crippen LogP contribution in [-0.4, -0.2) is 37.5 Å². The number of ether oxygens (including phenoxy) is 2. The van der Waals surface area contributed by atoms with E-state index in [0.717, 1.165) is 6.42 Å². The topological polar surface area (TPSA) is 56.5 Å². The second-order valence-corrected chi connectivity index (χ2v) is 5.04. The standard InChI is InChI=1S/C13H17FN2O2S/c1-17-13(4-5-18-8-13)7-16-11-3-2-9(12(15)19)6-10(11)14/h2-3,6,16H,4-5,7-8H2,1H3,(H2,15,19). The fourth-order valence-electron chi connectivity index (χ4n) is 2.03. The van der Waals surface area contributed by atoms with Crippen LogP contribution in [0, 0.1) is 5.82 Å². The van der Waals surface area contributed by atoms with Gasteiger partial charge in [-0.2, -0.15) is 0 Å². The van der Waals surface area contributed by atoms with Gasteiger partial charge in [0.1, 0.15) is 16.4 Å². The number of nitrogens with two attached hydrogens (primary N) is 1. The lowest BCUT2D eigenvalue weighted by molar-refractivity contribution is -0.00623. The first kappa shape index (κ1) is 14.2. The summed E-state index contributed by atoms with van der Waals surface area (Å²) in [5.41, 5.74) is 6.00. The van der Waals surface area contributed by atoms with E-state index in [1.807, 2.05) is 0 Å². The van der Waals surface area contributed by atoms with Gasteiger partial charge in [0.2, 0.25) is 0 Å². The molecule has 104 valence electrons. The number of nitrogens with one attached hydrogen (secondary N) is 1. The summed E-state index contributed by atoms with van der Waals surface area (Å²) in [4.78, 5) is 0.183. The minimum absolute atomic E-state index is 0.183. The molecule has 19 heavy (non-hydrogen) atoms. The third kappa shape index (κ3) is 3.20. The van der Waals surface area contributed by atoms with Gasteiger partial charge in [0, 0.05) is 32.2 Å². The number of hydrogen-bond donors (Lipinski definition) is 2. The Morgan fingerprint density at radius 1 is 1.63 bits per heavy atom. The molecule has 1 aliphatic rings. The molecule has 1 fully saturated rings. The predicted molar refractivity (Wildman–Crippen MR) is 76.0 cm³/mol. The average Bonchev–Trinajstić information content (AvgIpc) is 2.86. The highest BCUT2D eigenvalue weighted by Gasteiger charge is 2.34. The molecule has 2 rings (SSSR count). The van der Waals surface area contributed by atoms with Gasteiger partial charge in [0.25, 0.3) is 0 Å². The third-order valence-corrected chi connectivity index (χ3v) is 3.59. The number of methoxy groups -OCH3 is 1. The van der Waals surface area contributed by atoms with Crippen molar-refractivity contribution in [1.82, 2.24) is 0 Å². The largest absolute Gasteiger partial charge is 0.389 e. The number of anilines is 1. The van der Waals surface area contributed by atoms with Crippen molar-refractivity contribution in [1.29, 1.82) is 0 Å². The highest BCUT2D eigenvalue weighted by Crippen LogP contribution is 2.24. The van der Waals surface area contributed by atoms with E-state index < -0.39 is 0 Å². The Bertz CT molecular complexity index is 476. The average molecular weight is 284 g/mol. The summed E-state index contributed by atoms with van der Waals surface area (Å²) in [6, 6.07) is 4.65. The van der Waals surface area contributed by atoms with E-state index in [9.17, 15) is 4.39 Å². The minimum Gasteiger partial charge on any atom is -0.389 e. The Morgan fingerprint density at radius 3 is 2.95 bits per heavy atom. The van der Waals surface area contributed by atoms with E-state index >= 15 is 0 Å². The van der Waals surface area contributed by atoms with E-state index in [2.05, 4.69) is 5.32 Å². The molecule has 0 saturated carbocycles. The molecule has 1 unspecified atom stereocenters. The van der Waals surface area contributed by atoms with E-state index in [4.69, 9.17) is 27.4 Å². The molecule has 4 nitrogen and oxygen atoms in total. The van der Waals surface area contributed by atoms with Gasteiger partial charge in [0.05, 0.1) is 12.3 Å². The predicted octanol–water partition coefficient (Wildman–Crippen LogP) is 1.68. The second-order valence-electron chi connectivity index (χ2n) is 4.60. The van der Waals surface area contributed by atoms with Crippen molar-refractivity contribution in [3.8, 4) is 0 Å². The second kappa shape index (κ2) is 5.81. The Kier molecular flexibility index (Phi) is 4.34. The Labute approximate surface area is 117 Å². The third-order valence-electron chi connectivity index (χ3n) is 3.35. The van der Waals surface area contributed by atoms with Crippen LogP contribution in [0.25, 0.3) is 0 Å². The molecule has 1 aliphatic heterocycles. The maximum absolute atomic E-state index is 13.9. The van der Waals surface area contributed by atoms with Crippen LogP contribution < -0.4 is 11.1 Å². The quantitative estimate of drug-likeness (QED) is 0.806. The number of thiocarbonyl (C=S) groups is 1. The fourth-order valence-corrected chi connectivity index (χ4v) is 2.16. The number of benzene rings is 1. The van der Waals surface area contributed by atoms with Crippen LogP contribution in [0.4, 0.5) is 10.1 Å². The van der Waals surface area contributed by atoms with Crippen LogP contribution in [0.1, 0.15) is 12.0 Å². The molecular weight excluding hydrogens is 267 g/mol. The van der Waals surface area contributed by atoms with Crippen LogP contribution in [0.3, 0.4) is 0 Å². The van der Waals surface area contributed by atoms with Gasteiger partial charge in [0.15, 0.2) is 0 Å². The van der Waals surface area contributed by atoms with Gasteiger partial charge in [-0.05, 0) is 18.2 Å². The Morgan fingerprint density at radius 2 is 2.42 bits per heavy atom. The molecule has 1 aromatic carbocycles. The van der Waals surface area contributed by atoms with E-state index in [1.54, 1.807) is 19.2 Å². The summed E-state index contributed by atoms with van der Waals surface area (Å²) in [6.07, 6.45) is 0.795. The summed E-state index contributed by atoms with van der Waals surface area (Å²) in [5, 5.41) is 3.05. The van der Waals surface area contributed by atoms with Gasteiger partial charge in [-0.25, -0.2) is 4.39 Å². The Balaban J connectivity index is 2.05. The van der Waals surface area contributed by atoms with Gasteiger partial charge in [-0.3, -0.25) is 0 Å². The first-order valence-electron chi connectivity index (χ1n) is 6.02. The maximum Gasteiger partial charge on any atom is 0.146 e. The first-order chi connectivity index (χ1) is 9.06. The number of halogens is 1. The van der Waals surface area contributed by atoms with Crippen LogP contribution in [0.15, 0.2) is 18.2 Å². The van der Waals surface area contributed by atoms with Crippen molar-refractivity contribution in [3.63, 3.8) is 0 Å².